The fourth-order valence-electron chi connectivity index (χ4n) is 3.45. The van der Waals surface area contributed by atoms with Crippen LogP contribution in [0.4, 0.5) is 0 Å². The Labute approximate surface area is 188 Å². The molecule has 1 fully saturated rings. The normalized spacial score (nSPS) is 15.9. The van der Waals surface area contributed by atoms with Gasteiger partial charge in [0.05, 0.1) is 11.8 Å². The summed E-state index contributed by atoms with van der Waals surface area (Å²) in [6.45, 7) is 9.41. The Kier molecular flexibility index (Phi) is 7.72. The first kappa shape index (κ1) is 23.3. The van der Waals surface area contributed by atoms with Crippen LogP contribution in [-0.4, -0.2) is 75.4 Å². The van der Waals surface area contributed by atoms with Gasteiger partial charge in [-0.05, 0) is 32.0 Å². The summed E-state index contributed by atoms with van der Waals surface area (Å²) < 4.78 is 1.88. The quantitative estimate of drug-likeness (QED) is 0.659. The molecule has 1 saturated heterocycles. The summed E-state index contributed by atoms with van der Waals surface area (Å²) in [4.78, 5) is 29.4. The third kappa shape index (κ3) is 5.86. The molecule has 1 aromatic heterocycles. The predicted octanol–water partition coefficient (Wildman–Crippen LogP) is 2.12. The van der Waals surface area contributed by atoms with Gasteiger partial charge in [0.15, 0.2) is 11.0 Å². The second-order valence-corrected chi connectivity index (χ2v) is 9.38. The average Bonchev–Trinajstić information content (AvgIpc) is 3.11. The number of rotatable bonds is 7. The first-order valence-corrected chi connectivity index (χ1v) is 11.6. The molecule has 2 aromatic rings. The smallest absolute Gasteiger partial charge is 0.251 e. The fourth-order valence-corrected chi connectivity index (χ4v) is 4.28. The largest absolute Gasteiger partial charge is 0.342 e. The van der Waals surface area contributed by atoms with Gasteiger partial charge in [0.25, 0.3) is 5.91 Å². The molecule has 9 heteroatoms. The van der Waals surface area contributed by atoms with Crippen molar-refractivity contribution in [1.29, 1.82) is 0 Å². The lowest BCUT2D eigenvalue weighted by Gasteiger charge is -2.32. The number of nitrogens with one attached hydrogen (secondary N) is 1. The molecular formula is C22H32N6O2S. The number of hydrogen-bond acceptors (Lipinski definition) is 6. The second-order valence-electron chi connectivity index (χ2n) is 8.43. The van der Waals surface area contributed by atoms with Gasteiger partial charge in [0.2, 0.25) is 5.91 Å². The van der Waals surface area contributed by atoms with Gasteiger partial charge < -0.3 is 19.7 Å². The molecule has 1 aliphatic heterocycles. The van der Waals surface area contributed by atoms with Gasteiger partial charge in [-0.25, -0.2) is 0 Å². The van der Waals surface area contributed by atoms with Gasteiger partial charge in [0.1, 0.15) is 0 Å². The van der Waals surface area contributed by atoms with E-state index < -0.39 is 0 Å². The monoisotopic (exact) mass is 444 g/mol. The van der Waals surface area contributed by atoms with Gasteiger partial charge in [-0.1, -0.05) is 43.3 Å². The standard InChI is InChI=1S/C22H32N6O2S/c1-15(2)19(23-21(30)17-8-6-16(3)7-9-17)20-24-25-22(27(20)5)31-14-18(29)28-12-10-26(4)11-13-28/h6-9,15,19H,10-14H2,1-5H3,(H,23,30)/t19-/m1/s1. The molecule has 1 N–H and O–H groups in total. The van der Waals surface area contributed by atoms with Crippen LogP contribution in [0.25, 0.3) is 0 Å². The van der Waals surface area contributed by atoms with Crippen LogP contribution in [0.2, 0.25) is 0 Å². The molecule has 0 saturated carbocycles. The SMILES string of the molecule is Cc1ccc(C(=O)N[C@@H](c2nnc(SCC(=O)N3CCN(C)CC3)n2C)C(C)C)cc1. The summed E-state index contributed by atoms with van der Waals surface area (Å²) >= 11 is 1.39. The van der Waals surface area contributed by atoms with E-state index in [4.69, 9.17) is 0 Å². The zero-order valence-corrected chi connectivity index (χ0v) is 19.8. The third-order valence-corrected chi connectivity index (χ3v) is 6.60. The highest BCUT2D eigenvalue weighted by atomic mass is 32.2. The van der Waals surface area contributed by atoms with E-state index in [0.29, 0.717) is 22.3 Å². The Bertz CT molecular complexity index is 903. The van der Waals surface area contributed by atoms with E-state index in [1.165, 1.54) is 11.8 Å². The van der Waals surface area contributed by atoms with Crippen molar-refractivity contribution < 1.29 is 9.59 Å². The highest BCUT2D eigenvalue weighted by Crippen LogP contribution is 2.24. The van der Waals surface area contributed by atoms with E-state index in [2.05, 4.69) is 27.5 Å². The number of piperazine rings is 1. The van der Waals surface area contributed by atoms with E-state index in [1.807, 2.05) is 61.6 Å². The van der Waals surface area contributed by atoms with Crippen LogP contribution in [0.3, 0.4) is 0 Å². The van der Waals surface area contributed by atoms with Gasteiger partial charge in [-0.15, -0.1) is 10.2 Å². The maximum atomic E-state index is 12.7. The topological polar surface area (TPSA) is 83.4 Å². The van der Waals surface area contributed by atoms with Gasteiger partial charge in [-0.2, -0.15) is 0 Å². The lowest BCUT2D eigenvalue weighted by atomic mass is 10.0. The highest BCUT2D eigenvalue weighted by Gasteiger charge is 2.26. The molecule has 1 aliphatic rings. The van der Waals surface area contributed by atoms with Crippen molar-refractivity contribution in [1.82, 2.24) is 29.9 Å². The number of aromatic nitrogens is 3. The molecule has 8 nitrogen and oxygen atoms in total. The first-order chi connectivity index (χ1) is 14.8. The molecule has 0 bridgehead atoms. The van der Waals surface area contributed by atoms with Crippen LogP contribution < -0.4 is 5.32 Å². The summed E-state index contributed by atoms with van der Waals surface area (Å²) in [6.07, 6.45) is 0. The second kappa shape index (κ2) is 10.3. The fraction of sp³-hybridized carbons (Fsp3) is 0.545. The van der Waals surface area contributed by atoms with Crippen molar-refractivity contribution in [2.24, 2.45) is 13.0 Å². The minimum Gasteiger partial charge on any atom is -0.342 e. The molecule has 1 aromatic carbocycles. The average molecular weight is 445 g/mol. The Balaban J connectivity index is 1.65. The highest BCUT2D eigenvalue weighted by molar-refractivity contribution is 7.99. The summed E-state index contributed by atoms with van der Waals surface area (Å²) in [7, 11) is 3.95. The van der Waals surface area contributed by atoms with Gasteiger partial charge in [0, 0.05) is 38.8 Å². The summed E-state index contributed by atoms with van der Waals surface area (Å²) in [5, 5.41) is 12.4. The van der Waals surface area contributed by atoms with E-state index in [1.54, 1.807) is 0 Å². The number of nitrogens with zero attached hydrogens (tertiary/aromatic N) is 5. The van der Waals surface area contributed by atoms with Gasteiger partial charge >= 0.3 is 0 Å². The Morgan fingerprint density at radius 1 is 1.06 bits per heavy atom. The molecule has 31 heavy (non-hydrogen) atoms. The van der Waals surface area contributed by atoms with E-state index in [9.17, 15) is 9.59 Å². The number of likely N-dealkylation sites (N-methyl/N-ethyl adjacent to an activating group) is 1. The van der Waals surface area contributed by atoms with Crippen molar-refractivity contribution in [3.63, 3.8) is 0 Å². The summed E-state index contributed by atoms with van der Waals surface area (Å²) in [5.41, 5.74) is 1.73. The molecule has 2 amide bonds. The zero-order chi connectivity index (χ0) is 22.5. The molecular weight excluding hydrogens is 412 g/mol. The number of benzene rings is 1. The molecule has 0 spiro atoms. The molecule has 1 atom stereocenters. The zero-order valence-electron chi connectivity index (χ0n) is 19.0. The molecule has 0 radical (unpaired) electrons. The predicted molar refractivity (Wildman–Crippen MR) is 122 cm³/mol. The number of carbonyl (C=O) groups excluding carboxylic acids is 2. The maximum absolute atomic E-state index is 12.7. The first-order valence-electron chi connectivity index (χ1n) is 10.6. The number of aryl methyl sites for hydroxylation is 1. The molecule has 2 heterocycles. The lowest BCUT2D eigenvalue weighted by Crippen LogP contribution is -2.47. The van der Waals surface area contributed by atoms with Crippen LogP contribution in [0.5, 0.6) is 0 Å². The van der Waals surface area contributed by atoms with Crippen LogP contribution in [0.15, 0.2) is 29.4 Å². The summed E-state index contributed by atoms with van der Waals surface area (Å²) in [6, 6.07) is 7.21. The molecule has 168 valence electrons. The van der Waals surface area contributed by atoms with Crippen LogP contribution in [0.1, 0.15) is 41.6 Å². The van der Waals surface area contributed by atoms with Crippen molar-refractivity contribution in [2.45, 2.75) is 32.0 Å². The number of thioether (sulfide) groups is 1. The number of amides is 2. The van der Waals surface area contributed by atoms with Crippen molar-refractivity contribution >= 4 is 23.6 Å². The van der Waals surface area contributed by atoms with Crippen molar-refractivity contribution in [2.75, 3.05) is 39.0 Å². The Hall–Kier alpha value is -2.39. The summed E-state index contributed by atoms with van der Waals surface area (Å²) in [5.74, 6) is 1.13. The molecule has 3 rings (SSSR count). The van der Waals surface area contributed by atoms with Crippen molar-refractivity contribution in [3.05, 3.63) is 41.2 Å². The Morgan fingerprint density at radius 2 is 1.71 bits per heavy atom. The number of carbonyl (C=O) groups is 2. The maximum Gasteiger partial charge on any atom is 0.251 e. The van der Waals surface area contributed by atoms with E-state index in [-0.39, 0.29) is 23.8 Å². The number of hydrogen-bond donors (Lipinski definition) is 1. The van der Waals surface area contributed by atoms with Crippen LogP contribution in [0, 0.1) is 12.8 Å². The lowest BCUT2D eigenvalue weighted by molar-refractivity contribution is -0.129. The van der Waals surface area contributed by atoms with E-state index in [0.717, 1.165) is 31.7 Å². The van der Waals surface area contributed by atoms with Crippen molar-refractivity contribution in [3.8, 4) is 0 Å². The minimum atomic E-state index is -0.283. The molecule has 0 aliphatic carbocycles. The van der Waals surface area contributed by atoms with E-state index >= 15 is 0 Å². The van der Waals surface area contributed by atoms with Gasteiger partial charge in [-0.3, -0.25) is 9.59 Å². The third-order valence-electron chi connectivity index (χ3n) is 5.59. The van der Waals surface area contributed by atoms with Crippen LogP contribution >= 0.6 is 11.8 Å². The van der Waals surface area contributed by atoms with Crippen LogP contribution in [-0.2, 0) is 11.8 Å². The Morgan fingerprint density at radius 3 is 2.32 bits per heavy atom. The molecule has 0 unspecified atom stereocenters. The minimum absolute atomic E-state index is 0.121.